The van der Waals surface area contributed by atoms with Gasteiger partial charge in [-0.1, -0.05) is 43.2 Å². The lowest BCUT2D eigenvalue weighted by molar-refractivity contribution is -0.155. The molecule has 0 aliphatic heterocycles. The molecule has 1 heterocycles. The number of imidazole rings is 1. The van der Waals surface area contributed by atoms with Gasteiger partial charge < -0.3 is 14.0 Å². The number of methoxy groups -OCH3 is 1. The molecule has 0 saturated heterocycles. The molecule has 2 aromatic rings. The highest BCUT2D eigenvalue weighted by Crippen LogP contribution is 2.39. The molecule has 138 valence electrons. The van der Waals surface area contributed by atoms with Crippen molar-refractivity contribution in [3.63, 3.8) is 0 Å². The molecule has 6 heteroatoms. The van der Waals surface area contributed by atoms with Crippen molar-refractivity contribution >= 4 is 11.9 Å². The minimum atomic E-state index is -0.708. The highest BCUT2D eigenvalue weighted by atomic mass is 16.5. The predicted octanol–water partition coefficient (Wildman–Crippen LogP) is 3.38. The molecule has 6 nitrogen and oxygen atoms in total. The van der Waals surface area contributed by atoms with E-state index in [9.17, 15) is 9.59 Å². The van der Waals surface area contributed by atoms with Crippen LogP contribution in [0.4, 0.5) is 0 Å². The maximum atomic E-state index is 12.6. The van der Waals surface area contributed by atoms with Gasteiger partial charge in [0.05, 0.1) is 25.7 Å². The van der Waals surface area contributed by atoms with Gasteiger partial charge in [-0.05, 0) is 25.3 Å². The van der Waals surface area contributed by atoms with Gasteiger partial charge in [-0.15, -0.1) is 0 Å². The molecule has 1 aliphatic carbocycles. The predicted molar refractivity (Wildman–Crippen MR) is 95.7 cm³/mol. The molecular weight excluding hydrogens is 332 g/mol. The smallest absolute Gasteiger partial charge is 0.356 e. The van der Waals surface area contributed by atoms with E-state index in [2.05, 4.69) is 4.98 Å². The molecule has 0 unspecified atom stereocenters. The first-order chi connectivity index (χ1) is 12.6. The first-order valence-electron chi connectivity index (χ1n) is 8.90. The Hall–Kier alpha value is -2.63. The minimum absolute atomic E-state index is 0.0450. The Kier molecular flexibility index (Phi) is 5.40. The third-order valence-corrected chi connectivity index (χ3v) is 5.23. The number of aromatic nitrogens is 2. The Balaban J connectivity index is 1.73. The normalized spacial score (nSPS) is 16.8. The molecule has 0 N–H and O–H groups in total. The van der Waals surface area contributed by atoms with Crippen LogP contribution in [0.3, 0.4) is 0 Å². The second-order valence-electron chi connectivity index (χ2n) is 6.83. The summed E-state index contributed by atoms with van der Waals surface area (Å²) in [5, 5.41) is 0. The number of nitrogens with zero attached hydrogens (tertiary/aromatic N) is 2. The summed E-state index contributed by atoms with van der Waals surface area (Å²) in [6, 6.07) is 9.83. The summed E-state index contributed by atoms with van der Waals surface area (Å²) >= 11 is 0. The molecule has 1 aliphatic rings. The largest absolute Gasteiger partial charge is 0.468 e. The lowest BCUT2D eigenvalue weighted by atomic mass is 9.87. The standard InChI is InChI=1S/C20H24N2O4/c1-15(16-8-4-3-5-9-16)22-14-21-12-17(22)18(23)26-13-20(19(24)25-2)10-6-7-11-20/h3-5,8-9,12,14-15H,6-7,10-11,13H2,1-2H3/t15-/m1/s1. The van der Waals surface area contributed by atoms with Crippen LogP contribution in [0, 0.1) is 5.41 Å². The number of hydrogen-bond acceptors (Lipinski definition) is 5. The fraction of sp³-hybridized carbons (Fsp3) is 0.450. The summed E-state index contributed by atoms with van der Waals surface area (Å²) in [5.41, 5.74) is 0.737. The third kappa shape index (κ3) is 3.49. The van der Waals surface area contributed by atoms with Crippen molar-refractivity contribution in [1.29, 1.82) is 0 Å². The van der Waals surface area contributed by atoms with Gasteiger partial charge in [0.1, 0.15) is 17.7 Å². The molecule has 1 aromatic carbocycles. The Bertz CT molecular complexity index is 763. The van der Waals surface area contributed by atoms with Crippen molar-refractivity contribution in [2.75, 3.05) is 13.7 Å². The van der Waals surface area contributed by atoms with Crippen LogP contribution in [0.15, 0.2) is 42.9 Å². The van der Waals surface area contributed by atoms with Crippen LogP contribution >= 0.6 is 0 Å². The van der Waals surface area contributed by atoms with Crippen molar-refractivity contribution in [2.45, 2.75) is 38.6 Å². The topological polar surface area (TPSA) is 70.4 Å². The summed E-state index contributed by atoms with van der Waals surface area (Å²) in [6.45, 7) is 2.05. The van der Waals surface area contributed by atoms with E-state index in [1.54, 1.807) is 10.9 Å². The van der Waals surface area contributed by atoms with Crippen LogP contribution in [-0.2, 0) is 14.3 Å². The average molecular weight is 356 g/mol. The molecule has 0 bridgehead atoms. The van der Waals surface area contributed by atoms with Gasteiger partial charge in [0.25, 0.3) is 0 Å². The maximum absolute atomic E-state index is 12.6. The van der Waals surface area contributed by atoms with E-state index >= 15 is 0 Å². The van der Waals surface area contributed by atoms with E-state index in [1.165, 1.54) is 13.3 Å². The molecule has 26 heavy (non-hydrogen) atoms. The van der Waals surface area contributed by atoms with Crippen LogP contribution in [0.25, 0.3) is 0 Å². The monoisotopic (exact) mass is 356 g/mol. The van der Waals surface area contributed by atoms with Crippen LogP contribution in [0.1, 0.15) is 54.7 Å². The van der Waals surface area contributed by atoms with E-state index in [4.69, 9.17) is 9.47 Å². The van der Waals surface area contributed by atoms with E-state index in [0.717, 1.165) is 18.4 Å². The van der Waals surface area contributed by atoms with E-state index in [-0.39, 0.29) is 18.6 Å². The summed E-state index contributed by atoms with van der Waals surface area (Å²) in [6.07, 6.45) is 6.38. The number of carbonyl (C=O) groups is 2. The molecule has 0 radical (unpaired) electrons. The molecular formula is C20H24N2O4. The Morgan fingerprint density at radius 2 is 1.92 bits per heavy atom. The highest BCUT2D eigenvalue weighted by molar-refractivity contribution is 5.88. The summed E-state index contributed by atoms with van der Waals surface area (Å²) in [7, 11) is 1.38. The first kappa shape index (κ1) is 18.2. The third-order valence-electron chi connectivity index (χ3n) is 5.23. The Morgan fingerprint density at radius 1 is 1.23 bits per heavy atom. The fourth-order valence-corrected chi connectivity index (χ4v) is 3.62. The zero-order valence-corrected chi connectivity index (χ0v) is 15.2. The SMILES string of the molecule is COC(=O)C1(COC(=O)c2cncn2[C@H](C)c2ccccc2)CCCC1. The number of benzene rings is 1. The quantitative estimate of drug-likeness (QED) is 0.742. The molecule has 1 atom stereocenters. The maximum Gasteiger partial charge on any atom is 0.356 e. The molecule has 1 aromatic heterocycles. The Labute approximate surface area is 153 Å². The number of rotatable bonds is 6. The minimum Gasteiger partial charge on any atom is -0.468 e. The van der Waals surface area contributed by atoms with Gasteiger partial charge >= 0.3 is 11.9 Å². The molecule has 0 spiro atoms. The Morgan fingerprint density at radius 3 is 2.58 bits per heavy atom. The average Bonchev–Trinajstić information content (AvgIpc) is 3.36. The van der Waals surface area contributed by atoms with Crippen molar-refractivity contribution in [1.82, 2.24) is 9.55 Å². The molecule has 1 saturated carbocycles. The number of ether oxygens (including phenoxy) is 2. The van der Waals surface area contributed by atoms with Gasteiger partial charge in [0.2, 0.25) is 0 Å². The van der Waals surface area contributed by atoms with Gasteiger partial charge in [-0.3, -0.25) is 4.79 Å². The van der Waals surface area contributed by atoms with Crippen molar-refractivity contribution < 1.29 is 19.1 Å². The van der Waals surface area contributed by atoms with Gasteiger partial charge in [-0.25, -0.2) is 9.78 Å². The zero-order valence-electron chi connectivity index (χ0n) is 15.2. The van der Waals surface area contributed by atoms with Crippen molar-refractivity contribution in [2.24, 2.45) is 5.41 Å². The van der Waals surface area contributed by atoms with Crippen LogP contribution in [-0.4, -0.2) is 35.2 Å². The lowest BCUT2D eigenvalue weighted by Crippen LogP contribution is -2.35. The van der Waals surface area contributed by atoms with Crippen molar-refractivity contribution in [3.8, 4) is 0 Å². The van der Waals surface area contributed by atoms with Crippen LogP contribution in [0.5, 0.6) is 0 Å². The summed E-state index contributed by atoms with van der Waals surface area (Å²) in [5.74, 6) is -0.769. The van der Waals surface area contributed by atoms with Crippen molar-refractivity contribution in [3.05, 3.63) is 54.1 Å². The molecule has 0 amide bonds. The van der Waals surface area contributed by atoms with E-state index < -0.39 is 11.4 Å². The zero-order chi connectivity index (χ0) is 18.6. The summed E-state index contributed by atoms with van der Waals surface area (Å²) in [4.78, 5) is 28.9. The number of hydrogen-bond donors (Lipinski definition) is 0. The fourth-order valence-electron chi connectivity index (χ4n) is 3.62. The van der Waals surface area contributed by atoms with Crippen LogP contribution < -0.4 is 0 Å². The molecule has 3 rings (SSSR count). The highest BCUT2D eigenvalue weighted by Gasteiger charge is 2.43. The first-order valence-corrected chi connectivity index (χ1v) is 8.90. The number of esters is 2. The van der Waals surface area contributed by atoms with Gasteiger partial charge in [0.15, 0.2) is 0 Å². The molecule has 1 fully saturated rings. The van der Waals surface area contributed by atoms with E-state index in [0.29, 0.717) is 18.5 Å². The van der Waals surface area contributed by atoms with Gasteiger partial charge in [-0.2, -0.15) is 0 Å². The van der Waals surface area contributed by atoms with E-state index in [1.807, 2.05) is 37.3 Å². The lowest BCUT2D eigenvalue weighted by Gasteiger charge is -2.25. The second kappa shape index (κ2) is 7.72. The van der Waals surface area contributed by atoms with Crippen LogP contribution in [0.2, 0.25) is 0 Å². The second-order valence-corrected chi connectivity index (χ2v) is 6.83. The number of carbonyl (C=O) groups excluding carboxylic acids is 2. The van der Waals surface area contributed by atoms with Gasteiger partial charge in [0, 0.05) is 0 Å². The summed E-state index contributed by atoms with van der Waals surface area (Å²) < 4.78 is 12.2.